The lowest BCUT2D eigenvalue weighted by Gasteiger charge is -2.12. The molecule has 13 heteroatoms. The Morgan fingerprint density at radius 2 is 1.90 bits per heavy atom. The van der Waals surface area contributed by atoms with Crippen LogP contribution in [0.4, 0.5) is 28.4 Å². The van der Waals surface area contributed by atoms with E-state index in [9.17, 15) is 22.4 Å². The number of carbonyl (C=O) groups excluding carboxylic acids is 1. The van der Waals surface area contributed by atoms with Gasteiger partial charge in [0.2, 0.25) is 5.91 Å². The predicted molar refractivity (Wildman–Crippen MR) is 148 cm³/mol. The van der Waals surface area contributed by atoms with Crippen molar-refractivity contribution >= 4 is 50.2 Å². The Balaban J connectivity index is 1.32. The normalized spacial score (nSPS) is 11.4. The van der Waals surface area contributed by atoms with Gasteiger partial charge >= 0.3 is 6.18 Å². The molecule has 1 aromatic heterocycles. The molecule has 0 saturated carbocycles. The number of anilines is 2. The Morgan fingerprint density at radius 1 is 1.12 bits per heavy atom. The molecule has 208 valence electrons. The zero-order chi connectivity index (χ0) is 28.7. The minimum Gasteiger partial charge on any atom is -0.493 e. The first-order chi connectivity index (χ1) is 19.1. The molecule has 2 N–H and O–H groups in total. The lowest BCUT2D eigenvalue weighted by Crippen LogP contribution is -2.20. The summed E-state index contributed by atoms with van der Waals surface area (Å²) < 4.78 is 63.7. The van der Waals surface area contributed by atoms with E-state index in [0.717, 1.165) is 29.0 Å². The topological polar surface area (TPSA) is 84.8 Å². The molecule has 7 nitrogen and oxygen atoms in total. The molecule has 0 aliphatic carbocycles. The van der Waals surface area contributed by atoms with Crippen LogP contribution in [0.25, 0.3) is 0 Å². The van der Waals surface area contributed by atoms with Crippen molar-refractivity contribution in [3.05, 3.63) is 98.7 Å². The number of hydrogen-bond acceptors (Lipinski definition) is 7. The van der Waals surface area contributed by atoms with Gasteiger partial charge in [0.15, 0.2) is 16.6 Å². The molecule has 3 aromatic carbocycles. The Morgan fingerprint density at radius 3 is 2.62 bits per heavy atom. The van der Waals surface area contributed by atoms with Crippen LogP contribution >= 0.6 is 27.3 Å². The van der Waals surface area contributed by atoms with Gasteiger partial charge in [0.25, 0.3) is 0 Å². The largest absolute Gasteiger partial charge is 0.493 e. The van der Waals surface area contributed by atoms with Gasteiger partial charge in [0.1, 0.15) is 12.4 Å². The fraction of sp³-hybridized carbons (Fsp3) is 0.148. The van der Waals surface area contributed by atoms with Crippen LogP contribution in [-0.2, 0) is 24.0 Å². The molecule has 0 saturated heterocycles. The van der Waals surface area contributed by atoms with Crippen LogP contribution in [0.5, 0.6) is 11.5 Å². The highest BCUT2D eigenvalue weighted by atomic mass is 79.9. The maximum atomic E-state index is 13.1. The quantitative estimate of drug-likeness (QED) is 0.110. The number of rotatable bonds is 10. The summed E-state index contributed by atoms with van der Waals surface area (Å²) in [5.41, 5.74) is 3.69. The molecule has 0 radical (unpaired) electrons. The van der Waals surface area contributed by atoms with Gasteiger partial charge in [-0.05, 0) is 64.0 Å². The number of nitrogens with one attached hydrogen (secondary N) is 2. The zero-order valence-corrected chi connectivity index (χ0v) is 23.2. The van der Waals surface area contributed by atoms with E-state index in [1.54, 1.807) is 29.6 Å². The molecule has 0 aliphatic heterocycles. The number of aromatic nitrogens is 1. The van der Waals surface area contributed by atoms with Crippen LogP contribution in [0.2, 0.25) is 0 Å². The molecule has 4 rings (SSSR count). The van der Waals surface area contributed by atoms with Crippen LogP contribution < -0.4 is 20.2 Å². The first-order valence-electron chi connectivity index (χ1n) is 11.6. The average Bonchev–Trinajstić information content (AvgIpc) is 3.35. The van der Waals surface area contributed by atoms with Gasteiger partial charge < -0.3 is 14.8 Å². The fourth-order valence-electron chi connectivity index (χ4n) is 3.38. The van der Waals surface area contributed by atoms with Gasteiger partial charge in [0, 0.05) is 21.1 Å². The first-order valence-corrected chi connectivity index (χ1v) is 13.2. The lowest BCUT2D eigenvalue weighted by atomic mass is 10.2. The number of nitrogens with zero attached hydrogens (tertiary/aromatic N) is 2. The second-order valence-corrected chi connectivity index (χ2v) is 9.97. The van der Waals surface area contributed by atoms with Crippen molar-refractivity contribution in [1.29, 1.82) is 0 Å². The third kappa shape index (κ3) is 8.02. The van der Waals surface area contributed by atoms with Crippen molar-refractivity contribution in [2.45, 2.75) is 19.2 Å². The van der Waals surface area contributed by atoms with Crippen molar-refractivity contribution in [2.24, 2.45) is 5.10 Å². The SMILES string of the molecule is COc1cc(/C=N\NC(=O)Cc2csc(Nc3cccc(C(F)(F)F)c3)n2)c(Br)cc1OCc1ccc(F)cc1. The number of hydrazone groups is 1. The summed E-state index contributed by atoms with van der Waals surface area (Å²) in [6.07, 6.45) is -3.11. The van der Waals surface area contributed by atoms with Gasteiger partial charge in [-0.1, -0.05) is 18.2 Å². The summed E-state index contributed by atoms with van der Waals surface area (Å²) in [5.74, 6) is 0.121. The summed E-state index contributed by atoms with van der Waals surface area (Å²) in [7, 11) is 1.49. The molecular weight excluding hydrogens is 616 g/mol. The van der Waals surface area contributed by atoms with Crippen LogP contribution in [0, 0.1) is 5.82 Å². The third-order valence-electron chi connectivity index (χ3n) is 5.32. The number of methoxy groups -OCH3 is 1. The van der Waals surface area contributed by atoms with E-state index in [1.807, 2.05) is 0 Å². The maximum absolute atomic E-state index is 13.1. The smallest absolute Gasteiger partial charge is 0.416 e. The van der Waals surface area contributed by atoms with Crippen molar-refractivity contribution in [3.63, 3.8) is 0 Å². The van der Waals surface area contributed by atoms with Gasteiger partial charge in [-0.3, -0.25) is 4.79 Å². The Kier molecular flexibility index (Phi) is 9.38. The van der Waals surface area contributed by atoms with Gasteiger partial charge in [-0.15, -0.1) is 11.3 Å². The molecule has 0 unspecified atom stereocenters. The number of thiazole rings is 1. The zero-order valence-electron chi connectivity index (χ0n) is 20.8. The van der Waals surface area contributed by atoms with E-state index < -0.39 is 17.6 Å². The minimum atomic E-state index is -4.45. The van der Waals surface area contributed by atoms with Crippen LogP contribution in [-0.4, -0.2) is 24.2 Å². The van der Waals surface area contributed by atoms with Gasteiger partial charge in [-0.25, -0.2) is 14.8 Å². The van der Waals surface area contributed by atoms with E-state index in [2.05, 4.69) is 36.8 Å². The van der Waals surface area contributed by atoms with E-state index in [0.29, 0.717) is 32.4 Å². The van der Waals surface area contributed by atoms with Crippen molar-refractivity contribution in [1.82, 2.24) is 10.4 Å². The van der Waals surface area contributed by atoms with E-state index in [-0.39, 0.29) is 24.5 Å². The first kappa shape index (κ1) is 29.0. The minimum absolute atomic E-state index is 0.0846. The monoisotopic (exact) mass is 636 g/mol. The second kappa shape index (κ2) is 12.9. The highest BCUT2D eigenvalue weighted by molar-refractivity contribution is 9.10. The molecule has 1 heterocycles. The molecule has 0 aliphatic rings. The van der Waals surface area contributed by atoms with Crippen LogP contribution in [0.15, 0.2) is 75.6 Å². The maximum Gasteiger partial charge on any atom is 0.416 e. The number of carbonyl (C=O) groups is 1. The molecular formula is C27H21BrF4N4O3S. The molecule has 0 bridgehead atoms. The highest BCUT2D eigenvalue weighted by Gasteiger charge is 2.30. The number of hydrogen-bond donors (Lipinski definition) is 2. The third-order valence-corrected chi connectivity index (χ3v) is 6.81. The van der Waals surface area contributed by atoms with Gasteiger partial charge in [0.05, 0.1) is 31.0 Å². The number of alkyl halides is 3. The molecule has 40 heavy (non-hydrogen) atoms. The number of amides is 1. The van der Waals surface area contributed by atoms with E-state index >= 15 is 0 Å². The van der Waals surface area contributed by atoms with E-state index in [1.165, 1.54) is 37.6 Å². The van der Waals surface area contributed by atoms with Crippen molar-refractivity contribution in [2.75, 3.05) is 12.4 Å². The van der Waals surface area contributed by atoms with Crippen molar-refractivity contribution in [3.8, 4) is 11.5 Å². The Labute approximate surface area is 239 Å². The summed E-state index contributed by atoms with van der Waals surface area (Å²) >= 11 is 4.61. The summed E-state index contributed by atoms with van der Waals surface area (Å²) in [4.78, 5) is 16.6. The molecule has 0 spiro atoms. The molecule has 0 atom stereocenters. The summed E-state index contributed by atoms with van der Waals surface area (Å²) in [6, 6.07) is 14.1. The number of halogens is 5. The highest BCUT2D eigenvalue weighted by Crippen LogP contribution is 2.34. The lowest BCUT2D eigenvalue weighted by molar-refractivity contribution is -0.137. The fourth-order valence-corrected chi connectivity index (χ4v) is 4.54. The van der Waals surface area contributed by atoms with Crippen molar-refractivity contribution < 1.29 is 31.8 Å². The molecule has 0 fully saturated rings. The standard InChI is InChI=1S/C27H21BrF4N4O3S/c1-38-23-9-17(22(28)12-24(23)39-14-16-5-7-19(29)8-6-16)13-33-36-25(37)11-21-15-40-26(35-21)34-20-4-2-3-18(10-20)27(30,31)32/h2-10,12-13,15H,11,14H2,1H3,(H,34,35)(H,36,37)/b33-13-. The number of benzene rings is 3. The molecule has 4 aromatic rings. The second-order valence-electron chi connectivity index (χ2n) is 8.26. The Bertz CT molecular complexity index is 1510. The molecule has 1 amide bonds. The van der Waals surface area contributed by atoms with Crippen LogP contribution in [0.1, 0.15) is 22.4 Å². The Hall–Kier alpha value is -3.97. The van der Waals surface area contributed by atoms with E-state index in [4.69, 9.17) is 9.47 Å². The predicted octanol–water partition coefficient (Wildman–Crippen LogP) is 7.09. The van der Waals surface area contributed by atoms with Gasteiger partial charge in [-0.2, -0.15) is 18.3 Å². The average molecular weight is 637 g/mol. The summed E-state index contributed by atoms with van der Waals surface area (Å²) in [6.45, 7) is 0.209. The summed E-state index contributed by atoms with van der Waals surface area (Å²) in [5, 5.41) is 8.78. The van der Waals surface area contributed by atoms with Crippen LogP contribution in [0.3, 0.4) is 0 Å². The number of ether oxygens (including phenoxy) is 2.